The van der Waals surface area contributed by atoms with Crippen LogP contribution in [-0.4, -0.2) is 19.1 Å². The van der Waals surface area contributed by atoms with E-state index in [9.17, 15) is 0 Å². The van der Waals surface area contributed by atoms with Crippen LogP contribution in [0, 0.1) is 0 Å². The van der Waals surface area contributed by atoms with Crippen molar-refractivity contribution in [2.24, 2.45) is 0 Å². The minimum absolute atomic E-state index is 0.603. The zero-order chi connectivity index (χ0) is 33.6. The van der Waals surface area contributed by atoms with Crippen LogP contribution in [0.15, 0.2) is 183 Å². The SMILES string of the molecule is C=C/C=C(\C=C)c1cc(-c2ccccc2)nc(-n2c3ccccc3c3cc(-c4ccc5c6ccccc6n(-c6ccccc6)c5c4)ccc32)n1. The van der Waals surface area contributed by atoms with Gasteiger partial charge < -0.3 is 4.57 Å². The van der Waals surface area contributed by atoms with E-state index in [0.29, 0.717) is 5.95 Å². The van der Waals surface area contributed by atoms with Crippen LogP contribution in [0.2, 0.25) is 0 Å². The molecule has 0 aliphatic carbocycles. The molecule has 0 saturated heterocycles. The van der Waals surface area contributed by atoms with Gasteiger partial charge in [0.25, 0.3) is 0 Å². The fraction of sp³-hybridized carbons (Fsp3) is 0. The molecule has 236 valence electrons. The Balaban J connectivity index is 1.26. The van der Waals surface area contributed by atoms with Crippen LogP contribution in [0.5, 0.6) is 0 Å². The summed E-state index contributed by atoms with van der Waals surface area (Å²) in [5.74, 6) is 0.603. The molecule has 0 unspecified atom stereocenters. The summed E-state index contributed by atoms with van der Waals surface area (Å²) in [5, 5.41) is 4.77. The fourth-order valence-electron chi connectivity index (χ4n) is 7.20. The Morgan fingerprint density at radius 1 is 0.480 bits per heavy atom. The monoisotopic (exact) mass is 640 g/mol. The Morgan fingerprint density at radius 2 is 1.08 bits per heavy atom. The summed E-state index contributed by atoms with van der Waals surface area (Å²) < 4.78 is 4.54. The topological polar surface area (TPSA) is 35.6 Å². The number of fused-ring (bicyclic) bond motifs is 6. The molecule has 0 fully saturated rings. The van der Waals surface area contributed by atoms with E-state index in [1.54, 1.807) is 6.08 Å². The maximum atomic E-state index is 5.16. The number of allylic oxidation sites excluding steroid dienone is 4. The Morgan fingerprint density at radius 3 is 1.82 bits per heavy atom. The zero-order valence-corrected chi connectivity index (χ0v) is 27.4. The molecule has 3 heterocycles. The molecule has 0 N–H and O–H groups in total. The molecule has 0 bridgehead atoms. The van der Waals surface area contributed by atoms with Gasteiger partial charge in [0.2, 0.25) is 5.95 Å². The van der Waals surface area contributed by atoms with Gasteiger partial charge in [-0.2, -0.15) is 0 Å². The number of aromatic nitrogens is 4. The average Bonchev–Trinajstić information content (AvgIpc) is 3.69. The smallest absolute Gasteiger partial charge is 0.235 e. The van der Waals surface area contributed by atoms with Crippen molar-refractivity contribution in [2.75, 3.05) is 0 Å². The lowest BCUT2D eigenvalue weighted by Gasteiger charge is -2.12. The molecule has 50 heavy (non-hydrogen) atoms. The van der Waals surface area contributed by atoms with Gasteiger partial charge >= 0.3 is 0 Å². The summed E-state index contributed by atoms with van der Waals surface area (Å²) in [4.78, 5) is 10.3. The zero-order valence-electron chi connectivity index (χ0n) is 27.4. The predicted molar refractivity (Wildman–Crippen MR) is 210 cm³/mol. The van der Waals surface area contributed by atoms with Crippen LogP contribution >= 0.6 is 0 Å². The van der Waals surface area contributed by atoms with Crippen LogP contribution in [0.3, 0.4) is 0 Å². The van der Waals surface area contributed by atoms with E-state index in [2.05, 4.69) is 150 Å². The van der Waals surface area contributed by atoms with Crippen molar-refractivity contribution < 1.29 is 0 Å². The highest BCUT2D eigenvalue weighted by molar-refractivity contribution is 6.12. The maximum absolute atomic E-state index is 5.16. The third-order valence-corrected chi connectivity index (χ3v) is 9.49. The van der Waals surface area contributed by atoms with Crippen molar-refractivity contribution in [3.63, 3.8) is 0 Å². The van der Waals surface area contributed by atoms with Crippen molar-refractivity contribution in [3.05, 3.63) is 189 Å². The first-order valence-corrected chi connectivity index (χ1v) is 16.7. The number of para-hydroxylation sites is 3. The molecular formula is C46H32N4. The lowest BCUT2D eigenvalue weighted by molar-refractivity contribution is 0.983. The molecule has 0 radical (unpaired) electrons. The third-order valence-electron chi connectivity index (χ3n) is 9.49. The first kappa shape index (κ1) is 29.4. The predicted octanol–water partition coefficient (Wildman–Crippen LogP) is 11.8. The highest BCUT2D eigenvalue weighted by Gasteiger charge is 2.18. The van der Waals surface area contributed by atoms with Crippen molar-refractivity contribution in [3.8, 4) is 34.0 Å². The molecule has 9 aromatic rings. The van der Waals surface area contributed by atoms with Crippen LogP contribution in [0.1, 0.15) is 5.69 Å². The Bertz CT molecular complexity index is 2780. The summed E-state index contributed by atoms with van der Waals surface area (Å²) in [6, 6.07) is 53.5. The van der Waals surface area contributed by atoms with Gasteiger partial charge in [-0.05, 0) is 65.2 Å². The van der Waals surface area contributed by atoms with E-state index in [0.717, 1.165) is 61.1 Å². The first-order chi connectivity index (χ1) is 24.7. The lowest BCUT2D eigenvalue weighted by atomic mass is 10.0. The summed E-state index contributed by atoms with van der Waals surface area (Å²) >= 11 is 0. The molecule has 0 aliphatic heterocycles. The highest BCUT2D eigenvalue weighted by Crippen LogP contribution is 2.38. The maximum Gasteiger partial charge on any atom is 0.235 e. The van der Waals surface area contributed by atoms with Crippen molar-refractivity contribution in [2.45, 2.75) is 0 Å². The van der Waals surface area contributed by atoms with E-state index in [4.69, 9.17) is 9.97 Å². The van der Waals surface area contributed by atoms with Gasteiger partial charge in [0, 0.05) is 32.8 Å². The molecule has 4 heteroatoms. The number of hydrogen-bond acceptors (Lipinski definition) is 2. The Kier molecular flexibility index (Phi) is 7.07. The minimum atomic E-state index is 0.603. The Hall–Kier alpha value is -6.78. The molecule has 0 spiro atoms. The van der Waals surface area contributed by atoms with E-state index in [1.165, 1.54) is 21.8 Å². The summed E-state index contributed by atoms with van der Waals surface area (Å²) in [7, 11) is 0. The molecule has 9 rings (SSSR count). The lowest BCUT2D eigenvalue weighted by Crippen LogP contribution is -2.05. The normalized spacial score (nSPS) is 11.9. The second-order valence-corrected chi connectivity index (χ2v) is 12.4. The second kappa shape index (κ2) is 12.0. The average molecular weight is 641 g/mol. The molecule has 4 nitrogen and oxygen atoms in total. The number of nitrogens with zero attached hydrogens (tertiary/aromatic N) is 4. The van der Waals surface area contributed by atoms with Crippen molar-refractivity contribution in [1.29, 1.82) is 0 Å². The largest absolute Gasteiger partial charge is 0.309 e. The van der Waals surface area contributed by atoms with Crippen LogP contribution in [-0.2, 0) is 0 Å². The molecule has 0 atom stereocenters. The van der Waals surface area contributed by atoms with Crippen LogP contribution < -0.4 is 0 Å². The van der Waals surface area contributed by atoms with Gasteiger partial charge in [-0.3, -0.25) is 4.57 Å². The molecule has 0 amide bonds. The van der Waals surface area contributed by atoms with Gasteiger partial charge in [-0.1, -0.05) is 135 Å². The van der Waals surface area contributed by atoms with Crippen LogP contribution in [0.4, 0.5) is 0 Å². The van der Waals surface area contributed by atoms with Gasteiger partial charge in [0.05, 0.1) is 33.5 Å². The van der Waals surface area contributed by atoms with Gasteiger partial charge in [0.15, 0.2) is 0 Å². The first-order valence-electron chi connectivity index (χ1n) is 16.7. The van der Waals surface area contributed by atoms with Gasteiger partial charge in [-0.15, -0.1) is 0 Å². The molecular weight excluding hydrogens is 609 g/mol. The number of benzene rings is 6. The van der Waals surface area contributed by atoms with E-state index >= 15 is 0 Å². The fourth-order valence-corrected chi connectivity index (χ4v) is 7.20. The van der Waals surface area contributed by atoms with Crippen molar-refractivity contribution >= 4 is 49.2 Å². The van der Waals surface area contributed by atoms with Gasteiger partial charge in [-0.25, -0.2) is 9.97 Å². The summed E-state index contributed by atoms with van der Waals surface area (Å²) in [6.07, 6.45) is 5.51. The van der Waals surface area contributed by atoms with E-state index in [-0.39, 0.29) is 0 Å². The summed E-state index contributed by atoms with van der Waals surface area (Å²) in [6.45, 7) is 7.97. The minimum Gasteiger partial charge on any atom is -0.309 e. The van der Waals surface area contributed by atoms with Crippen LogP contribution in [0.25, 0.3) is 83.2 Å². The molecule has 0 aliphatic rings. The standard InChI is InChI=1S/C46H32N4/c1-3-15-31(4-2)40-30-41(32-16-7-5-8-17-32)48-46(47-40)50-43-23-14-12-21-37(43)39-28-33(25-27-44(39)50)34-24-26-38-36-20-11-13-22-42(36)49(45(38)29-34)35-18-9-6-10-19-35/h3-30H,1-2H2/b31-15+. The Labute approximate surface area is 290 Å². The van der Waals surface area contributed by atoms with Gasteiger partial charge in [0.1, 0.15) is 0 Å². The molecule has 3 aromatic heterocycles. The van der Waals surface area contributed by atoms with E-state index < -0.39 is 0 Å². The number of hydrogen-bond donors (Lipinski definition) is 0. The second-order valence-electron chi connectivity index (χ2n) is 12.4. The molecule has 6 aromatic carbocycles. The molecule has 0 saturated carbocycles. The van der Waals surface area contributed by atoms with Crippen molar-refractivity contribution in [1.82, 2.24) is 19.1 Å². The van der Waals surface area contributed by atoms with E-state index in [1.807, 2.05) is 36.4 Å². The number of rotatable bonds is 7. The summed E-state index contributed by atoms with van der Waals surface area (Å²) in [5.41, 5.74) is 11.4. The highest BCUT2D eigenvalue weighted by atomic mass is 15.2. The third kappa shape index (κ3) is 4.77. The quantitative estimate of drug-likeness (QED) is 0.163.